The number of benzene rings is 3. The Kier molecular flexibility index (Phi) is 6.69. The highest BCUT2D eigenvalue weighted by molar-refractivity contribution is 7.97. The Balaban J connectivity index is 1.83. The molecule has 0 atom stereocenters. The van der Waals surface area contributed by atoms with Gasteiger partial charge in [-0.3, -0.25) is 0 Å². The van der Waals surface area contributed by atoms with Gasteiger partial charge in [-0.15, -0.1) is 0 Å². The zero-order valence-electron chi connectivity index (χ0n) is 15.7. The van der Waals surface area contributed by atoms with Crippen LogP contribution in [-0.4, -0.2) is 38.1 Å². The predicted octanol–water partition coefficient (Wildman–Crippen LogP) is 4.50. The van der Waals surface area contributed by atoms with E-state index < -0.39 is 0 Å². The van der Waals surface area contributed by atoms with Crippen LogP contribution < -0.4 is 0 Å². The Labute approximate surface area is 163 Å². The molecular formula is C23H24NO2S+. The predicted molar refractivity (Wildman–Crippen MR) is 110 cm³/mol. The Hall–Kier alpha value is -2.56. The van der Waals surface area contributed by atoms with E-state index >= 15 is 0 Å². The van der Waals surface area contributed by atoms with Crippen LogP contribution in [0.3, 0.4) is 0 Å². The van der Waals surface area contributed by atoms with Crippen LogP contribution in [0.15, 0.2) is 99.6 Å². The van der Waals surface area contributed by atoms with Crippen LogP contribution in [0, 0.1) is 0 Å². The van der Waals surface area contributed by atoms with Crippen molar-refractivity contribution in [1.29, 1.82) is 0 Å². The number of carbonyl (C=O) groups excluding carboxylic acids is 1. The first kappa shape index (κ1) is 19.2. The fraction of sp³-hybridized carbons (Fsp3) is 0.174. The van der Waals surface area contributed by atoms with E-state index in [0.717, 1.165) is 6.54 Å². The quantitative estimate of drug-likeness (QED) is 0.448. The minimum atomic E-state index is -0.275. The fourth-order valence-electron chi connectivity index (χ4n) is 2.65. The maximum atomic E-state index is 12.2. The van der Waals surface area contributed by atoms with Crippen molar-refractivity contribution in [2.45, 2.75) is 14.7 Å². The van der Waals surface area contributed by atoms with Gasteiger partial charge in [0.25, 0.3) is 0 Å². The first-order valence-corrected chi connectivity index (χ1v) is 10.1. The largest absolute Gasteiger partial charge is 0.461 e. The fourth-order valence-corrected chi connectivity index (χ4v) is 4.74. The molecule has 3 aromatic carbocycles. The summed E-state index contributed by atoms with van der Waals surface area (Å²) in [6.45, 7) is 1.11. The molecule has 0 saturated carbocycles. The summed E-state index contributed by atoms with van der Waals surface area (Å²) in [4.78, 5) is 17.9. The SMILES string of the molecule is CN(C)CCOC(=O)c1ccc([S+](c2ccccc2)c2ccccc2)cc1. The molecule has 0 aliphatic carbocycles. The number of rotatable bonds is 7. The molecule has 0 bridgehead atoms. The van der Waals surface area contributed by atoms with Gasteiger partial charge < -0.3 is 9.64 Å². The summed E-state index contributed by atoms with van der Waals surface area (Å²) in [5.41, 5.74) is 0.585. The van der Waals surface area contributed by atoms with Crippen LogP contribution in [0.4, 0.5) is 0 Å². The Morgan fingerprint density at radius 3 is 1.74 bits per heavy atom. The van der Waals surface area contributed by atoms with Gasteiger partial charge in [-0.05, 0) is 62.6 Å². The topological polar surface area (TPSA) is 29.5 Å². The number of likely N-dealkylation sites (N-methyl/N-ethyl adjacent to an activating group) is 1. The lowest BCUT2D eigenvalue weighted by Gasteiger charge is -2.10. The van der Waals surface area contributed by atoms with Crippen LogP contribution in [-0.2, 0) is 15.6 Å². The molecule has 4 heteroatoms. The maximum Gasteiger partial charge on any atom is 0.338 e. The minimum absolute atomic E-state index is 0.206. The van der Waals surface area contributed by atoms with E-state index in [4.69, 9.17) is 4.74 Å². The van der Waals surface area contributed by atoms with Gasteiger partial charge >= 0.3 is 5.97 Å². The molecule has 0 aliphatic rings. The first-order chi connectivity index (χ1) is 13.1. The van der Waals surface area contributed by atoms with E-state index in [1.807, 2.05) is 55.4 Å². The van der Waals surface area contributed by atoms with Gasteiger partial charge in [-0.25, -0.2) is 4.79 Å². The summed E-state index contributed by atoms with van der Waals surface area (Å²) in [5.74, 6) is -0.275. The number of ether oxygens (including phenoxy) is 1. The monoisotopic (exact) mass is 378 g/mol. The Morgan fingerprint density at radius 1 is 0.778 bits per heavy atom. The van der Waals surface area contributed by atoms with Crippen molar-refractivity contribution in [2.75, 3.05) is 27.2 Å². The van der Waals surface area contributed by atoms with E-state index in [1.165, 1.54) is 14.7 Å². The van der Waals surface area contributed by atoms with Crippen LogP contribution in [0.25, 0.3) is 0 Å². The molecule has 0 radical (unpaired) electrons. The van der Waals surface area contributed by atoms with Crippen LogP contribution >= 0.6 is 0 Å². The van der Waals surface area contributed by atoms with E-state index in [9.17, 15) is 4.79 Å². The van der Waals surface area contributed by atoms with E-state index in [-0.39, 0.29) is 16.9 Å². The number of esters is 1. The van der Waals surface area contributed by atoms with E-state index in [2.05, 4.69) is 48.5 Å². The van der Waals surface area contributed by atoms with Crippen molar-refractivity contribution in [3.05, 3.63) is 90.5 Å². The number of hydrogen-bond acceptors (Lipinski definition) is 3. The number of carbonyl (C=O) groups is 1. The molecular weight excluding hydrogens is 354 g/mol. The van der Waals surface area contributed by atoms with Gasteiger partial charge in [-0.1, -0.05) is 36.4 Å². The van der Waals surface area contributed by atoms with E-state index in [0.29, 0.717) is 12.2 Å². The third-order valence-electron chi connectivity index (χ3n) is 4.06. The van der Waals surface area contributed by atoms with Crippen molar-refractivity contribution >= 4 is 16.9 Å². The molecule has 3 rings (SSSR count). The van der Waals surface area contributed by atoms with Crippen molar-refractivity contribution in [3.63, 3.8) is 0 Å². The third kappa shape index (κ3) is 5.22. The highest BCUT2D eigenvalue weighted by Crippen LogP contribution is 2.31. The minimum Gasteiger partial charge on any atom is -0.461 e. The summed E-state index contributed by atoms with van der Waals surface area (Å²) in [6.07, 6.45) is 0. The van der Waals surface area contributed by atoms with Crippen LogP contribution in [0.5, 0.6) is 0 Å². The standard InChI is InChI=1S/C23H24NO2S/c1-24(2)17-18-26-23(25)19-13-15-22(16-14-19)27(20-9-5-3-6-10-20)21-11-7-4-8-12-21/h3-16H,17-18H2,1-2H3/q+1. The van der Waals surface area contributed by atoms with Gasteiger partial charge in [0.2, 0.25) is 0 Å². The molecule has 3 nitrogen and oxygen atoms in total. The molecule has 0 amide bonds. The smallest absolute Gasteiger partial charge is 0.338 e. The second kappa shape index (κ2) is 9.40. The van der Waals surface area contributed by atoms with E-state index in [1.54, 1.807) is 0 Å². The zero-order chi connectivity index (χ0) is 19.1. The van der Waals surface area contributed by atoms with Crippen LogP contribution in [0.1, 0.15) is 10.4 Å². The summed E-state index contributed by atoms with van der Waals surface area (Å²) in [7, 11) is 3.70. The Morgan fingerprint density at radius 2 is 1.26 bits per heavy atom. The van der Waals surface area contributed by atoms with Crippen molar-refractivity contribution in [3.8, 4) is 0 Å². The molecule has 0 spiro atoms. The van der Waals surface area contributed by atoms with Crippen LogP contribution in [0.2, 0.25) is 0 Å². The molecule has 0 fully saturated rings. The molecule has 0 N–H and O–H groups in total. The average Bonchev–Trinajstić information content (AvgIpc) is 2.70. The molecule has 0 aromatic heterocycles. The summed E-state index contributed by atoms with van der Waals surface area (Å²) < 4.78 is 5.33. The Bertz CT molecular complexity index is 809. The summed E-state index contributed by atoms with van der Waals surface area (Å²) >= 11 is 0. The molecule has 0 heterocycles. The van der Waals surface area contributed by atoms with Crippen molar-refractivity contribution in [1.82, 2.24) is 4.90 Å². The first-order valence-electron chi connectivity index (χ1n) is 8.91. The van der Waals surface area contributed by atoms with Gasteiger partial charge in [0.1, 0.15) is 6.61 Å². The van der Waals surface area contributed by atoms with Gasteiger partial charge in [-0.2, -0.15) is 0 Å². The molecule has 27 heavy (non-hydrogen) atoms. The lowest BCUT2D eigenvalue weighted by molar-refractivity contribution is 0.0482. The third-order valence-corrected chi connectivity index (χ3v) is 6.29. The second-order valence-electron chi connectivity index (χ2n) is 6.40. The lowest BCUT2D eigenvalue weighted by Crippen LogP contribution is -2.20. The lowest BCUT2D eigenvalue weighted by atomic mass is 10.2. The van der Waals surface area contributed by atoms with Crippen molar-refractivity contribution < 1.29 is 9.53 Å². The van der Waals surface area contributed by atoms with Crippen molar-refractivity contribution in [2.24, 2.45) is 0 Å². The normalized spacial score (nSPS) is 11.0. The highest BCUT2D eigenvalue weighted by atomic mass is 32.2. The maximum absolute atomic E-state index is 12.2. The number of nitrogens with zero attached hydrogens (tertiary/aromatic N) is 1. The van der Waals surface area contributed by atoms with Gasteiger partial charge in [0.05, 0.1) is 16.5 Å². The zero-order valence-corrected chi connectivity index (χ0v) is 16.5. The number of hydrogen-bond donors (Lipinski definition) is 0. The summed E-state index contributed by atoms with van der Waals surface area (Å²) in [5, 5.41) is 0. The van der Waals surface area contributed by atoms with Gasteiger partial charge in [0.15, 0.2) is 14.7 Å². The molecule has 0 aliphatic heterocycles. The molecule has 138 valence electrons. The van der Waals surface area contributed by atoms with Gasteiger partial charge in [0, 0.05) is 6.54 Å². The second-order valence-corrected chi connectivity index (χ2v) is 8.42. The average molecular weight is 379 g/mol. The summed E-state index contributed by atoms with van der Waals surface area (Å²) in [6, 6.07) is 28.7. The highest BCUT2D eigenvalue weighted by Gasteiger charge is 2.28. The molecule has 3 aromatic rings. The molecule has 0 saturated heterocycles. The molecule has 0 unspecified atom stereocenters.